The zero-order valence-electron chi connectivity index (χ0n) is 27.6. The van der Waals surface area contributed by atoms with E-state index in [1.165, 1.54) is 0 Å². The second-order valence-corrected chi connectivity index (χ2v) is 10.9. The van der Waals surface area contributed by atoms with Crippen LogP contribution in [-0.2, 0) is 52.3 Å². The van der Waals surface area contributed by atoms with Crippen molar-refractivity contribution in [1.82, 2.24) is 0 Å². The number of halogens is 19. The van der Waals surface area contributed by atoms with Crippen LogP contribution in [0.1, 0.15) is 41.5 Å². The monoisotopic (exact) mass is 886 g/mol. The molecule has 4 heterocycles. The zero-order chi connectivity index (χ0) is 43.5. The van der Waals surface area contributed by atoms with E-state index in [0.29, 0.717) is 34.6 Å². The van der Waals surface area contributed by atoms with Crippen molar-refractivity contribution in [3.63, 3.8) is 0 Å². The van der Waals surface area contributed by atoms with E-state index in [-0.39, 0.29) is 58.3 Å². The van der Waals surface area contributed by atoms with Crippen LogP contribution in [0.2, 0.25) is 0 Å². The zero-order valence-corrected chi connectivity index (χ0v) is 30.7. The first-order chi connectivity index (χ1) is 23.3. The van der Waals surface area contributed by atoms with Crippen molar-refractivity contribution < 1.29 is 192 Å². The molecule has 32 heteroatoms. The van der Waals surface area contributed by atoms with Gasteiger partial charge in [-0.1, -0.05) is 0 Å². The fourth-order valence-electron chi connectivity index (χ4n) is 3.12. The van der Waals surface area contributed by atoms with Gasteiger partial charge in [-0.05, 0) is 6.92 Å². The SMILES string of the molecule is CC1(C(=O)F)OC(C)(F)C(F)(F)O1.CC1(C(=O)[O-])OC(C)(F)C(F)(F)O1.CC1(F)OC(=C(F)F)OC1(F)F.CC1(F)OC(F)(F)C(F)(C(F)(F)F)OC1=O.[K+]. The summed E-state index contributed by atoms with van der Waals surface area (Å²) in [5, 5.41) is 10.2. The third-order valence-corrected chi connectivity index (χ3v) is 6.02. The molecule has 0 amide bonds. The fourth-order valence-corrected chi connectivity index (χ4v) is 3.12. The van der Waals surface area contributed by atoms with E-state index < -0.39 is 101 Å². The van der Waals surface area contributed by atoms with Crippen molar-refractivity contribution in [1.29, 1.82) is 0 Å². The first-order valence-corrected chi connectivity index (χ1v) is 12.9. The number of ether oxygens (including phenoxy) is 8. The maximum atomic E-state index is 12.9. The first-order valence-electron chi connectivity index (χ1n) is 12.9. The van der Waals surface area contributed by atoms with Crippen molar-refractivity contribution >= 4 is 18.0 Å². The Bertz CT molecular complexity index is 1390. The summed E-state index contributed by atoms with van der Waals surface area (Å²) < 4.78 is 262. The molecule has 316 valence electrons. The second kappa shape index (κ2) is 15.7. The van der Waals surface area contributed by atoms with Crippen LogP contribution in [0.3, 0.4) is 0 Å². The Morgan fingerprint density at radius 1 is 0.545 bits per heavy atom. The molecule has 0 spiro atoms. The minimum Gasteiger partial charge on any atom is -0.544 e. The third kappa shape index (κ3) is 10.8. The van der Waals surface area contributed by atoms with Gasteiger partial charge in [-0.3, -0.25) is 23.7 Å². The van der Waals surface area contributed by atoms with Crippen LogP contribution in [0.5, 0.6) is 0 Å². The van der Waals surface area contributed by atoms with Gasteiger partial charge in [0, 0.05) is 34.6 Å². The maximum absolute atomic E-state index is 12.9. The minimum absolute atomic E-state index is 0. The Balaban J connectivity index is 0.000000707. The predicted molar refractivity (Wildman–Crippen MR) is 119 cm³/mol. The molecule has 55 heavy (non-hydrogen) atoms. The van der Waals surface area contributed by atoms with Crippen LogP contribution in [0.15, 0.2) is 12.0 Å². The number of hydrogen-bond donors (Lipinski definition) is 0. The molecule has 4 rings (SSSR count). The van der Waals surface area contributed by atoms with Gasteiger partial charge in [-0.15, -0.1) is 0 Å². The summed E-state index contributed by atoms with van der Waals surface area (Å²) >= 11 is 0. The summed E-state index contributed by atoms with van der Waals surface area (Å²) in [6.45, 7) is 2.31. The molecule has 7 unspecified atom stereocenters. The largest absolute Gasteiger partial charge is 1.00 e. The number of esters is 1. The molecular weight excluding hydrogens is 868 g/mol. The molecule has 0 bridgehead atoms. The van der Waals surface area contributed by atoms with E-state index in [0.717, 1.165) is 0 Å². The molecule has 12 nitrogen and oxygen atoms in total. The van der Waals surface area contributed by atoms with Gasteiger partial charge < -0.3 is 28.8 Å². The van der Waals surface area contributed by atoms with E-state index in [1.807, 2.05) is 0 Å². The summed E-state index contributed by atoms with van der Waals surface area (Å²) in [6, 6.07) is -2.31. The molecule has 0 aromatic heterocycles. The van der Waals surface area contributed by atoms with E-state index in [1.54, 1.807) is 0 Å². The van der Waals surface area contributed by atoms with Gasteiger partial charge in [0.1, 0.15) is 5.97 Å². The topological polar surface area (TPSA) is 148 Å². The van der Waals surface area contributed by atoms with Crippen LogP contribution in [0.4, 0.5) is 83.4 Å². The Morgan fingerprint density at radius 3 is 1.13 bits per heavy atom. The van der Waals surface area contributed by atoms with Crippen LogP contribution in [0, 0.1) is 0 Å². The van der Waals surface area contributed by atoms with Crippen molar-refractivity contribution in [2.75, 3.05) is 0 Å². The number of cyclic esters (lactones) is 1. The number of carboxylic acids is 1. The summed E-state index contributed by atoms with van der Waals surface area (Å²) in [5.74, 6) is -32.1. The second-order valence-electron chi connectivity index (χ2n) is 10.9. The molecular formula is C23H18F19KO12. The molecule has 0 aromatic rings. The van der Waals surface area contributed by atoms with Gasteiger partial charge in [0.25, 0.3) is 5.79 Å². The Hall–Kier alpha value is -1.94. The molecule has 0 N–H and O–H groups in total. The molecule has 4 aliphatic rings. The maximum Gasteiger partial charge on any atom is 1.00 e. The van der Waals surface area contributed by atoms with Crippen molar-refractivity contribution in [3.8, 4) is 0 Å². The smallest absolute Gasteiger partial charge is 0.544 e. The molecule has 0 aromatic carbocycles. The molecule has 0 radical (unpaired) electrons. The molecule has 7 atom stereocenters. The first kappa shape index (κ1) is 53.1. The number of carbonyl (C=O) groups is 3. The quantitative estimate of drug-likeness (QED) is 0.174. The Kier molecular flexibility index (Phi) is 15.1. The van der Waals surface area contributed by atoms with E-state index in [9.17, 15) is 103 Å². The normalized spacial score (nSPS) is 39.1. The van der Waals surface area contributed by atoms with Gasteiger partial charge in [0.15, 0.2) is 0 Å². The molecule has 0 saturated carbocycles. The summed E-state index contributed by atoms with van der Waals surface area (Å²) in [6.07, 6.45) is -27.6. The standard InChI is InChI=1S/C6H3F7O3.C6H6F4O3.C6H7F3O4.C5H3F5O2.K/c1-3(7)2(14)15-4(8,5(9,10)11)6(12,13)16-3;1-4(3(7)11)12-5(2,8)6(9,10)13-4;1-4(3(10)11)12-5(2,7)6(8,9)13-4;1-4(8)5(9,10)12-3(11-4)2(6)7;/h1H3;1-2H3;1-2H3,(H,10,11);1H3;/q;;;;+1/p-1. The average Bonchev–Trinajstić information content (AvgIpc) is 3.31. The summed E-state index contributed by atoms with van der Waals surface area (Å²) in [5.41, 5.74) is 0. The summed E-state index contributed by atoms with van der Waals surface area (Å²) in [4.78, 5) is 30.8. The van der Waals surface area contributed by atoms with Crippen LogP contribution < -0.4 is 56.5 Å². The van der Waals surface area contributed by atoms with Gasteiger partial charge >= 0.3 is 135 Å². The number of alkyl halides is 16. The summed E-state index contributed by atoms with van der Waals surface area (Å²) in [7, 11) is 0. The Labute approximate surface area is 333 Å². The molecule has 4 aliphatic heterocycles. The van der Waals surface area contributed by atoms with E-state index in [4.69, 9.17) is 0 Å². The average molecular weight is 886 g/mol. The number of aliphatic carboxylic acids is 1. The van der Waals surface area contributed by atoms with E-state index >= 15 is 0 Å². The third-order valence-electron chi connectivity index (χ3n) is 6.02. The van der Waals surface area contributed by atoms with Gasteiger partial charge in [-0.25, -0.2) is 13.6 Å². The van der Waals surface area contributed by atoms with Gasteiger partial charge in [0.2, 0.25) is 5.79 Å². The van der Waals surface area contributed by atoms with Crippen molar-refractivity contribution in [3.05, 3.63) is 12.0 Å². The van der Waals surface area contributed by atoms with Gasteiger partial charge in [-0.2, -0.15) is 74.6 Å². The van der Waals surface area contributed by atoms with Gasteiger partial charge in [0.05, 0.1) is 0 Å². The molecule has 0 aliphatic carbocycles. The van der Waals surface area contributed by atoms with E-state index in [2.05, 4.69) is 37.9 Å². The van der Waals surface area contributed by atoms with Crippen molar-refractivity contribution in [2.45, 2.75) is 113 Å². The number of carboxylic acid groups (broad SMARTS) is 1. The van der Waals surface area contributed by atoms with Crippen LogP contribution in [0.25, 0.3) is 0 Å². The number of hydrogen-bond acceptors (Lipinski definition) is 12. The van der Waals surface area contributed by atoms with Crippen LogP contribution in [-0.4, -0.2) is 89.4 Å². The molecule has 4 saturated heterocycles. The number of carbonyl (C=O) groups excluding carboxylic acids is 3. The predicted octanol–water partition coefficient (Wildman–Crippen LogP) is 2.75. The number of rotatable bonds is 2. The van der Waals surface area contributed by atoms with Crippen molar-refractivity contribution in [2.24, 2.45) is 0 Å². The minimum atomic E-state index is -6.26. The Morgan fingerprint density at radius 2 is 0.927 bits per heavy atom. The molecule has 4 fully saturated rings. The fraction of sp³-hybridized carbons (Fsp3) is 0.783. The van der Waals surface area contributed by atoms with Crippen LogP contribution >= 0.6 is 0 Å².